The van der Waals surface area contributed by atoms with Crippen molar-refractivity contribution < 1.29 is 9.21 Å². The van der Waals surface area contributed by atoms with E-state index in [-0.39, 0.29) is 17.1 Å². The molecule has 0 bridgehead atoms. The van der Waals surface area contributed by atoms with Gasteiger partial charge in [0.25, 0.3) is 5.91 Å². The standard InChI is InChI=1S/C22H11Br2N5O2/c23-12-5-7-13(8-6-12)29-20(28-22(30)17-9-10-18(24)31-17)14(11-25)19-21(29)27-16-4-2-1-3-15(16)26-19/h1-10H,(H,28,30). The molecule has 150 valence electrons. The van der Waals surface area contributed by atoms with Gasteiger partial charge < -0.3 is 9.73 Å². The van der Waals surface area contributed by atoms with Gasteiger partial charge in [-0.2, -0.15) is 5.26 Å². The van der Waals surface area contributed by atoms with E-state index in [1.165, 1.54) is 0 Å². The minimum atomic E-state index is -0.493. The fourth-order valence-corrected chi connectivity index (χ4v) is 3.89. The van der Waals surface area contributed by atoms with E-state index in [0.717, 1.165) is 10.2 Å². The highest BCUT2D eigenvalue weighted by Crippen LogP contribution is 2.33. The van der Waals surface area contributed by atoms with Crippen LogP contribution in [0.4, 0.5) is 5.82 Å². The van der Waals surface area contributed by atoms with E-state index in [1.807, 2.05) is 48.5 Å². The molecule has 9 heteroatoms. The Morgan fingerprint density at radius 1 is 1.00 bits per heavy atom. The van der Waals surface area contributed by atoms with Crippen molar-refractivity contribution in [3.05, 3.63) is 81.1 Å². The third-order valence-electron chi connectivity index (χ3n) is 4.69. The van der Waals surface area contributed by atoms with Gasteiger partial charge in [0.2, 0.25) is 0 Å². The van der Waals surface area contributed by atoms with Crippen molar-refractivity contribution in [3.8, 4) is 11.8 Å². The molecule has 1 N–H and O–H groups in total. The average molecular weight is 537 g/mol. The lowest BCUT2D eigenvalue weighted by atomic mass is 10.2. The van der Waals surface area contributed by atoms with Crippen LogP contribution >= 0.6 is 31.9 Å². The largest absolute Gasteiger partial charge is 0.444 e. The topological polar surface area (TPSA) is 96.7 Å². The molecular formula is C22H11Br2N5O2. The predicted octanol–water partition coefficient (Wildman–Crippen LogP) is 5.82. The van der Waals surface area contributed by atoms with Crippen molar-refractivity contribution in [2.45, 2.75) is 0 Å². The summed E-state index contributed by atoms with van der Waals surface area (Å²) in [6, 6.07) is 20.2. The number of furan rings is 1. The number of aromatic nitrogens is 3. The number of carbonyl (C=O) groups is 1. The Hall–Kier alpha value is -3.48. The molecule has 5 aromatic rings. The Kier molecular flexibility index (Phi) is 4.81. The third-order valence-corrected chi connectivity index (χ3v) is 5.64. The number of fused-ring (bicyclic) bond motifs is 2. The summed E-state index contributed by atoms with van der Waals surface area (Å²) in [7, 11) is 0. The lowest BCUT2D eigenvalue weighted by Crippen LogP contribution is -2.15. The van der Waals surface area contributed by atoms with Crippen molar-refractivity contribution in [2.24, 2.45) is 0 Å². The maximum atomic E-state index is 12.8. The van der Waals surface area contributed by atoms with E-state index in [9.17, 15) is 10.1 Å². The molecule has 0 saturated heterocycles. The Labute approximate surface area is 192 Å². The van der Waals surface area contributed by atoms with E-state index in [1.54, 1.807) is 16.7 Å². The summed E-state index contributed by atoms with van der Waals surface area (Å²) >= 11 is 6.63. The number of nitriles is 1. The van der Waals surface area contributed by atoms with E-state index in [2.05, 4.69) is 48.2 Å². The van der Waals surface area contributed by atoms with Crippen LogP contribution in [0.3, 0.4) is 0 Å². The smallest absolute Gasteiger partial charge is 0.292 e. The van der Waals surface area contributed by atoms with Gasteiger partial charge in [0.15, 0.2) is 16.1 Å². The number of carbonyl (C=O) groups excluding carboxylic acids is 1. The fourth-order valence-electron chi connectivity index (χ4n) is 3.32. The number of amides is 1. The van der Waals surface area contributed by atoms with Crippen molar-refractivity contribution in [3.63, 3.8) is 0 Å². The maximum Gasteiger partial charge on any atom is 0.292 e. The van der Waals surface area contributed by atoms with Gasteiger partial charge in [0, 0.05) is 10.2 Å². The number of hydrogen-bond acceptors (Lipinski definition) is 5. The van der Waals surface area contributed by atoms with Crippen molar-refractivity contribution in [1.82, 2.24) is 14.5 Å². The molecule has 3 aromatic heterocycles. The molecule has 0 atom stereocenters. The molecule has 31 heavy (non-hydrogen) atoms. The van der Waals surface area contributed by atoms with Crippen LogP contribution in [0.25, 0.3) is 27.9 Å². The first-order chi connectivity index (χ1) is 15.0. The van der Waals surface area contributed by atoms with Crippen LogP contribution in [-0.2, 0) is 0 Å². The zero-order chi connectivity index (χ0) is 21.5. The first kappa shape index (κ1) is 19.5. The van der Waals surface area contributed by atoms with Gasteiger partial charge in [-0.05, 0) is 64.5 Å². The summed E-state index contributed by atoms with van der Waals surface area (Å²) in [6.45, 7) is 0. The highest BCUT2D eigenvalue weighted by molar-refractivity contribution is 9.10. The summed E-state index contributed by atoms with van der Waals surface area (Å²) in [5.74, 6) is -0.116. The molecule has 0 radical (unpaired) electrons. The van der Waals surface area contributed by atoms with Crippen molar-refractivity contribution in [1.29, 1.82) is 5.26 Å². The number of nitrogens with zero attached hydrogens (tertiary/aromatic N) is 4. The van der Waals surface area contributed by atoms with Crippen LogP contribution < -0.4 is 5.32 Å². The molecule has 0 aliphatic rings. The first-order valence-corrected chi connectivity index (χ1v) is 10.7. The normalized spacial score (nSPS) is 11.0. The van der Waals surface area contributed by atoms with Gasteiger partial charge in [0.1, 0.15) is 23.0 Å². The molecule has 7 nitrogen and oxygen atoms in total. The lowest BCUT2D eigenvalue weighted by Gasteiger charge is -2.11. The molecule has 3 heterocycles. The van der Waals surface area contributed by atoms with Gasteiger partial charge in [-0.25, -0.2) is 9.97 Å². The number of benzene rings is 2. The molecule has 1 amide bonds. The summed E-state index contributed by atoms with van der Waals surface area (Å²) in [6.07, 6.45) is 0. The van der Waals surface area contributed by atoms with Crippen LogP contribution in [0.1, 0.15) is 16.1 Å². The highest BCUT2D eigenvalue weighted by Gasteiger charge is 2.24. The number of para-hydroxylation sites is 2. The first-order valence-electron chi connectivity index (χ1n) is 9.09. The van der Waals surface area contributed by atoms with E-state index in [0.29, 0.717) is 26.9 Å². The second-order valence-electron chi connectivity index (χ2n) is 6.59. The van der Waals surface area contributed by atoms with E-state index >= 15 is 0 Å². The summed E-state index contributed by atoms with van der Waals surface area (Å²) in [5, 5.41) is 12.8. The van der Waals surface area contributed by atoms with Gasteiger partial charge in [0.05, 0.1) is 11.0 Å². The zero-order valence-electron chi connectivity index (χ0n) is 15.6. The molecule has 0 spiro atoms. The fraction of sp³-hybridized carbons (Fsp3) is 0. The van der Waals surface area contributed by atoms with Gasteiger partial charge >= 0.3 is 0 Å². The molecule has 0 saturated carbocycles. The van der Waals surface area contributed by atoms with Crippen LogP contribution in [0.15, 0.2) is 74.2 Å². The Balaban J connectivity index is 1.80. The lowest BCUT2D eigenvalue weighted by molar-refractivity contribution is 0.0995. The predicted molar refractivity (Wildman–Crippen MR) is 123 cm³/mol. The molecule has 5 rings (SSSR count). The minimum Gasteiger partial charge on any atom is -0.444 e. The van der Waals surface area contributed by atoms with E-state index < -0.39 is 5.91 Å². The third kappa shape index (κ3) is 3.40. The number of hydrogen-bond donors (Lipinski definition) is 1. The summed E-state index contributed by atoms with van der Waals surface area (Å²) in [5.41, 5.74) is 3.15. The van der Waals surface area contributed by atoms with Crippen LogP contribution in [-0.4, -0.2) is 20.4 Å². The molecule has 2 aromatic carbocycles. The monoisotopic (exact) mass is 535 g/mol. The Bertz CT molecular complexity index is 1510. The van der Waals surface area contributed by atoms with Crippen molar-refractivity contribution >= 4 is 65.8 Å². The van der Waals surface area contributed by atoms with Gasteiger partial charge in [-0.1, -0.05) is 28.1 Å². The average Bonchev–Trinajstić information content (AvgIpc) is 3.33. The number of anilines is 1. The highest BCUT2D eigenvalue weighted by atomic mass is 79.9. The molecule has 0 aliphatic heterocycles. The number of nitrogens with one attached hydrogen (secondary N) is 1. The van der Waals surface area contributed by atoms with Gasteiger partial charge in [-0.15, -0.1) is 0 Å². The minimum absolute atomic E-state index is 0.106. The van der Waals surface area contributed by atoms with Crippen LogP contribution in [0, 0.1) is 11.3 Å². The molecule has 0 unspecified atom stereocenters. The van der Waals surface area contributed by atoms with Crippen molar-refractivity contribution in [2.75, 3.05) is 5.32 Å². The van der Waals surface area contributed by atoms with Crippen LogP contribution in [0.5, 0.6) is 0 Å². The second kappa shape index (κ2) is 7.65. The number of rotatable bonds is 3. The van der Waals surface area contributed by atoms with E-state index in [4.69, 9.17) is 9.40 Å². The molecular weight excluding hydrogens is 526 g/mol. The van der Waals surface area contributed by atoms with Gasteiger partial charge in [-0.3, -0.25) is 9.36 Å². The molecule has 0 fully saturated rings. The quantitative estimate of drug-likeness (QED) is 0.313. The summed E-state index contributed by atoms with van der Waals surface area (Å²) in [4.78, 5) is 22.3. The SMILES string of the molecule is N#Cc1c(NC(=O)c2ccc(Br)o2)n(-c2ccc(Br)cc2)c2nc3ccccc3nc12. The zero-order valence-corrected chi connectivity index (χ0v) is 18.8. The maximum absolute atomic E-state index is 12.8. The Morgan fingerprint density at radius 3 is 2.35 bits per heavy atom. The Morgan fingerprint density at radius 2 is 1.71 bits per heavy atom. The summed E-state index contributed by atoms with van der Waals surface area (Å²) < 4.78 is 8.41. The van der Waals surface area contributed by atoms with Crippen LogP contribution in [0.2, 0.25) is 0 Å². The number of halogens is 2. The second-order valence-corrected chi connectivity index (χ2v) is 8.29. The molecule has 0 aliphatic carbocycles.